The van der Waals surface area contributed by atoms with Crippen molar-refractivity contribution < 1.29 is 9.59 Å². The van der Waals surface area contributed by atoms with E-state index in [0.29, 0.717) is 12.2 Å². The van der Waals surface area contributed by atoms with Crippen molar-refractivity contribution in [1.29, 1.82) is 0 Å². The van der Waals surface area contributed by atoms with Crippen molar-refractivity contribution in [3.8, 4) is 5.69 Å². The first-order valence-corrected chi connectivity index (χ1v) is 7.11. The standard InChI is InChI=1S/C15H19N5O2/c1-2-8-16-14(21)11-17-15(22)19-12-6-3-4-7-13(12)20-10-5-9-18-20/h3-7,9-10H,2,8,11H2,1H3,(H,16,21)(H2,17,19,22). The number of benzene rings is 1. The fourth-order valence-corrected chi connectivity index (χ4v) is 1.84. The van der Waals surface area contributed by atoms with E-state index in [-0.39, 0.29) is 12.5 Å². The second kappa shape index (κ2) is 7.82. The van der Waals surface area contributed by atoms with Gasteiger partial charge >= 0.3 is 6.03 Å². The Bertz CT molecular complexity index is 625. The summed E-state index contributed by atoms with van der Waals surface area (Å²) in [6.07, 6.45) is 4.31. The Morgan fingerprint density at radius 3 is 2.73 bits per heavy atom. The minimum atomic E-state index is -0.439. The highest BCUT2D eigenvalue weighted by molar-refractivity contribution is 5.93. The molecule has 0 bridgehead atoms. The normalized spacial score (nSPS) is 10.0. The van der Waals surface area contributed by atoms with Gasteiger partial charge in [-0.15, -0.1) is 0 Å². The van der Waals surface area contributed by atoms with Gasteiger partial charge in [0.1, 0.15) is 0 Å². The van der Waals surface area contributed by atoms with Gasteiger partial charge in [-0.2, -0.15) is 5.10 Å². The van der Waals surface area contributed by atoms with Gasteiger partial charge in [-0.3, -0.25) is 4.79 Å². The third-order valence-corrected chi connectivity index (χ3v) is 2.89. The van der Waals surface area contributed by atoms with Crippen LogP contribution in [0.5, 0.6) is 0 Å². The predicted octanol–water partition coefficient (Wildman–Crippen LogP) is 1.52. The molecule has 3 N–H and O–H groups in total. The molecule has 3 amide bonds. The van der Waals surface area contributed by atoms with Crippen molar-refractivity contribution in [2.75, 3.05) is 18.4 Å². The van der Waals surface area contributed by atoms with E-state index >= 15 is 0 Å². The van der Waals surface area contributed by atoms with Crippen molar-refractivity contribution >= 4 is 17.6 Å². The number of hydrogen-bond acceptors (Lipinski definition) is 3. The molecule has 0 saturated heterocycles. The monoisotopic (exact) mass is 301 g/mol. The first kappa shape index (κ1) is 15.6. The average molecular weight is 301 g/mol. The zero-order valence-corrected chi connectivity index (χ0v) is 12.4. The number of urea groups is 1. The smallest absolute Gasteiger partial charge is 0.319 e. The molecule has 7 heteroatoms. The quantitative estimate of drug-likeness (QED) is 0.756. The second-order valence-electron chi connectivity index (χ2n) is 4.63. The van der Waals surface area contributed by atoms with Crippen LogP contribution in [0, 0.1) is 0 Å². The van der Waals surface area contributed by atoms with Gasteiger partial charge in [-0.05, 0) is 24.6 Å². The number of rotatable bonds is 6. The van der Waals surface area contributed by atoms with Crippen LogP contribution >= 0.6 is 0 Å². The zero-order valence-electron chi connectivity index (χ0n) is 12.4. The third kappa shape index (κ3) is 4.34. The largest absolute Gasteiger partial charge is 0.355 e. The lowest BCUT2D eigenvalue weighted by Gasteiger charge is -2.12. The SMILES string of the molecule is CCCNC(=O)CNC(=O)Nc1ccccc1-n1cccn1. The highest BCUT2D eigenvalue weighted by atomic mass is 16.2. The van der Waals surface area contributed by atoms with Crippen LogP contribution in [0.1, 0.15) is 13.3 Å². The van der Waals surface area contributed by atoms with Gasteiger partial charge in [0.05, 0.1) is 17.9 Å². The van der Waals surface area contributed by atoms with Crippen molar-refractivity contribution in [1.82, 2.24) is 20.4 Å². The molecule has 2 rings (SSSR count). The van der Waals surface area contributed by atoms with Gasteiger partial charge in [-0.1, -0.05) is 19.1 Å². The summed E-state index contributed by atoms with van der Waals surface area (Å²) in [6.45, 7) is 2.51. The van der Waals surface area contributed by atoms with Crippen LogP contribution in [0.4, 0.5) is 10.5 Å². The number of amides is 3. The molecule has 0 unspecified atom stereocenters. The van der Waals surface area contributed by atoms with Crippen LogP contribution in [0.3, 0.4) is 0 Å². The number of carbonyl (C=O) groups excluding carboxylic acids is 2. The van der Waals surface area contributed by atoms with E-state index in [1.54, 1.807) is 29.2 Å². The molecule has 7 nitrogen and oxygen atoms in total. The number of hydrogen-bond donors (Lipinski definition) is 3. The molecule has 0 radical (unpaired) electrons. The number of nitrogens with one attached hydrogen (secondary N) is 3. The summed E-state index contributed by atoms with van der Waals surface area (Å²) in [5, 5.41) is 12.1. The van der Waals surface area contributed by atoms with E-state index in [4.69, 9.17) is 0 Å². The van der Waals surface area contributed by atoms with Gasteiger partial charge in [0.2, 0.25) is 5.91 Å². The highest BCUT2D eigenvalue weighted by Crippen LogP contribution is 2.18. The fraction of sp³-hybridized carbons (Fsp3) is 0.267. The lowest BCUT2D eigenvalue weighted by Crippen LogP contribution is -2.39. The summed E-state index contributed by atoms with van der Waals surface area (Å²) in [5.74, 6) is -0.211. The molecule has 0 aliphatic carbocycles. The van der Waals surface area contributed by atoms with Crippen LogP contribution in [0.15, 0.2) is 42.7 Å². The van der Waals surface area contributed by atoms with Gasteiger partial charge in [0.15, 0.2) is 0 Å². The fourth-order valence-electron chi connectivity index (χ4n) is 1.84. The van der Waals surface area contributed by atoms with Gasteiger partial charge < -0.3 is 16.0 Å². The Morgan fingerprint density at radius 1 is 1.18 bits per heavy atom. The first-order chi connectivity index (χ1) is 10.7. The Labute approximate surface area is 128 Å². The van der Waals surface area contributed by atoms with Crippen molar-refractivity contribution in [3.05, 3.63) is 42.7 Å². The van der Waals surface area contributed by atoms with E-state index in [9.17, 15) is 9.59 Å². The molecule has 2 aromatic rings. The van der Waals surface area contributed by atoms with Gasteiger partial charge in [0, 0.05) is 18.9 Å². The molecule has 22 heavy (non-hydrogen) atoms. The predicted molar refractivity (Wildman–Crippen MR) is 83.9 cm³/mol. The van der Waals surface area contributed by atoms with E-state index in [0.717, 1.165) is 12.1 Å². The van der Waals surface area contributed by atoms with Crippen LogP contribution in [0.25, 0.3) is 5.69 Å². The van der Waals surface area contributed by atoms with Crippen LogP contribution in [0.2, 0.25) is 0 Å². The lowest BCUT2D eigenvalue weighted by molar-refractivity contribution is -0.120. The summed E-state index contributed by atoms with van der Waals surface area (Å²) >= 11 is 0. The first-order valence-electron chi connectivity index (χ1n) is 7.11. The molecule has 1 heterocycles. The Balaban J connectivity index is 1.94. The molecule has 1 aromatic carbocycles. The van der Waals surface area contributed by atoms with E-state index in [1.165, 1.54) is 0 Å². The summed E-state index contributed by atoms with van der Waals surface area (Å²) < 4.78 is 1.66. The molecular weight excluding hydrogens is 282 g/mol. The van der Waals surface area contributed by atoms with Crippen molar-refractivity contribution in [3.63, 3.8) is 0 Å². The average Bonchev–Trinajstić information content (AvgIpc) is 3.05. The third-order valence-electron chi connectivity index (χ3n) is 2.89. The number of carbonyl (C=O) groups is 2. The number of aromatic nitrogens is 2. The molecule has 116 valence electrons. The number of anilines is 1. The highest BCUT2D eigenvalue weighted by Gasteiger charge is 2.09. The second-order valence-corrected chi connectivity index (χ2v) is 4.63. The molecule has 0 aliphatic heterocycles. The Kier molecular flexibility index (Phi) is 5.53. The molecular formula is C15H19N5O2. The van der Waals surface area contributed by atoms with E-state index in [1.807, 2.05) is 25.1 Å². The Hall–Kier alpha value is -2.83. The van der Waals surface area contributed by atoms with Crippen LogP contribution < -0.4 is 16.0 Å². The van der Waals surface area contributed by atoms with Crippen molar-refractivity contribution in [2.45, 2.75) is 13.3 Å². The van der Waals surface area contributed by atoms with Gasteiger partial charge in [-0.25, -0.2) is 9.48 Å². The maximum Gasteiger partial charge on any atom is 0.319 e. The molecule has 0 aliphatic rings. The maximum atomic E-state index is 11.9. The lowest BCUT2D eigenvalue weighted by atomic mass is 10.2. The molecule has 0 atom stereocenters. The summed E-state index contributed by atoms with van der Waals surface area (Å²) in [6, 6.07) is 8.65. The van der Waals surface area contributed by atoms with E-state index < -0.39 is 6.03 Å². The molecule has 0 saturated carbocycles. The van der Waals surface area contributed by atoms with E-state index in [2.05, 4.69) is 21.0 Å². The molecule has 1 aromatic heterocycles. The number of para-hydroxylation sites is 2. The maximum absolute atomic E-state index is 11.9. The van der Waals surface area contributed by atoms with Crippen molar-refractivity contribution in [2.24, 2.45) is 0 Å². The summed E-state index contributed by atoms with van der Waals surface area (Å²) in [7, 11) is 0. The van der Waals surface area contributed by atoms with Gasteiger partial charge in [0.25, 0.3) is 0 Å². The summed E-state index contributed by atoms with van der Waals surface area (Å²) in [4.78, 5) is 23.3. The minimum absolute atomic E-state index is 0.0598. The minimum Gasteiger partial charge on any atom is -0.355 e. The zero-order chi connectivity index (χ0) is 15.8. The molecule has 0 spiro atoms. The topological polar surface area (TPSA) is 88.0 Å². The molecule has 0 fully saturated rings. The van der Waals surface area contributed by atoms with Crippen LogP contribution in [-0.4, -0.2) is 34.8 Å². The Morgan fingerprint density at radius 2 is 2.00 bits per heavy atom. The number of nitrogens with zero attached hydrogens (tertiary/aromatic N) is 2. The summed E-state index contributed by atoms with van der Waals surface area (Å²) in [5.41, 5.74) is 1.36. The van der Waals surface area contributed by atoms with Crippen LogP contribution in [-0.2, 0) is 4.79 Å².